The highest BCUT2D eigenvalue weighted by molar-refractivity contribution is 5.83. The van der Waals surface area contributed by atoms with Gasteiger partial charge in [0, 0.05) is 5.56 Å². The Hall–Kier alpha value is -2.43. The number of halogens is 2. The summed E-state index contributed by atoms with van der Waals surface area (Å²) in [6, 6.07) is 12.5. The van der Waals surface area contributed by atoms with Crippen LogP contribution in [0.4, 0.5) is 8.78 Å². The summed E-state index contributed by atoms with van der Waals surface area (Å²) >= 11 is 0. The second-order valence-corrected chi connectivity index (χ2v) is 4.92. The lowest BCUT2D eigenvalue weighted by molar-refractivity contribution is -0.0499. The number of nitrogens with zero attached hydrogens (tertiary/aromatic N) is 1. The molecule has 0 atom stereocenters. The third-order valence-electron chi connectivity index (χ3n) is 2.91. The third-order valence-corrected chi connectivity index (χ3v) is 2.91. The van der Waals surface area contributed by atoms with Gasteiger partial charge in [0.05, 0.1) is 6.21 Å². The van der Waals surface area contributed by atoms with Crippen LogP contribution in [0.25, 0.3) is 0 Å². The van der Waals surface area contributed by atoms with Gasteiger partial charge in [0.25, 0.3) is 0 Å². The van der Waals surface area contributed by atoms with Gasteiger partial charge in [-0.1, -0.05) is 46.6 Å². The van der Waals surface area contributed by atoms with Gasteiger partial charge in [-0.05, 0) is 31.5 Å². The number of rotatable bonds is 6. The summed E-state index contributed by atoms with van der Waals surface area (Å²) in [5, 5.41) is 3.81. The molecule has 5 heteroatoms. The Labute approximate surface area is 128 Å². The first kappa shape index (κ1) is 15.9. The maximum Gasteiger partial charge on any atom is 0.387 e. The van der Waals surface area contributed by atoms with Crippen LogP contribution in [0, 0.1) is 13.8 Å². The Morgan fingerprint density at radius 2 is 1.77 bits per heavy atom. The van der Waals surface area contributed by atoms with Crippen LogP contribution in [0.2, 0.25) is 0 Å². The smallest absolute Gasteiger partial charge is 0.387 e. The molecule has 0 heterocycles. The first-order valence-corrected chi connectivity index (χ1v) is 6.81. The molecule has 2 aromatic carbocycles. The van der Waals surface area contributed by atoms with Gasteiger partial charge in [-0.25, -0.2) is 0 Å². The second kappa shape index (κ2) is 7.54. The zero-order valence-corrected chi connectivity index (χ0v) is 12.4. The van der Waals surface area contributed by atoms with E-state index < -0.39 is 6.61 Å². The molecule has 0 N–H and O–H groups in total. The molecule has 0 bridgehead atoms. The van der Waals surface area contributed by atoms with Crippen LogP contribution in [-0.2, 0) is 11.4 Å². The highest BCUT2D eigenvalue weighted by Crippen LogP contribution is 2.18. The minimum absolute atomic E-state index is 0.0660. The molecule has 2 aromatic rings. The van der Waals surface area contributed by atoms with Gasteiger partial charge in [-0.2, -0.15) is 8.78 Å². The molecule has 0 amide bonds. The minimum atomic E-state index is -2.87. The van der Waals surface area contributed by atoms with Crippen molar-refractivity contribution in [2.75, 3.05) is 0 Å². The van der Waals surface area contributed by atoms with E-state index in [4.69, 9.17) is 4.84 Å². The highest BCUT2D eigenvalue weighted by atomic mass is 19.3. The summed E-state index contributed by atoms with van der Waals surface area (Å²) in [7, 11) is 0. The Balaban J connectivity index is 1.98. The monoisotopic (exact) mass is 305 g/mol. The Kier molecular flexibility index (Phi) is 5.47. The normalized spacial score (nSPS) is 11.1. The zero-order chi connectivity index (χ0) is 15.9. The van der Waals surface area contributed by atoms with Crippen LogP contribution < -0.4 is 4.74 Å². The van der Waals surface area contributed by atoms with E-state index >= 15 is 0 Å². The maximum absolute atomic E-state index is 12.3. The molecular formula is C17H17F2NO2. The molecule has 116 valence electrons. The van der Waals surface area contributed by atoms with E-state index in [2.05, 4.69) is 16.0 Å². The molecule has 22 heavy (non-hydrogen) atoms. The number of alkyl halides is 2. The zero-order valence-electron chi connectivity index (χ0n) is 12.4. The summed E-state index contributed by atoms with van der Waals surface area (Å²) < 4.78 is 29.0. The van der Waals surface area contributed by atoms with Crippen molar-refractivity contribution in [2.24, 2.45) is 5.16 Å². The Bertz CT molecular complexity index is 637. The highest BCUT2D eigenvalue weighted by Gasteiger charge is 2.07. The fourth-order valence-electron chi connectivity index (χ4n) is 2.15. The number of ether oxygens (including phenoxy) is 1. The fourth-order valence-corrected chi connectivity index (χ4v) is 2.15. The summed E-state index contributed by atoms with van der Waals surface area (Å²) in [4.78, 5) is 5.22. The SMILES string of the molecule is Cc1cc(C)cc(CO/N=C/c2ccccc2OC(F)F)c1. The average Bonchev–Trinajstić information content (AvgIpc) is 2.43. The van der Waals surface area contributed by atoms with E-state index in [9.17, 15) is 8.78 Å². The van der Waals surface area contributed by atoms with Gasteiger partial charge in [-0.15, -0.1) is 0 Å². The van der Waals surface area contributed by atoms with Crippen LogP contribution in [0.5, 0.6) is 5.75 Å². The molecule has 0 saturated carbocycles. The van der Waals surface area contributed by atoms with Gasteiger partial charge in [-0.3, -0.25) is 0 Å². The molecule has 0 radical (unpaired) electrons. The van der Waals surface area contributed by atoms with Gasteiger partial charge < -0.3 is 9.57 Å². The molecule has 0 unspecified atom stereocenters. The van der Waals surface area contributed by atoms with Gasteiger partial charge in [0.2, 0.25) is 0 Å². The number of hydrogen-bond donors (Lipinski definition) is 0. The molecule has 0 aliphatic carbocycles. The van der Waals surface area contributed by atoms with Crippen LogP contribution in [0.15, 0.2) is 47.6 Å². The molecule has 0 fully saturated rings. The molecule has 0 saturated heterocycles. The first-order chi connectivity index (χ1) is 10.5. The van der Waals surface area contributed by atoms with Crippen molar-refractivity contribution in [2.45, 2.75) is 27.1 Å². The molecule has 0 aliphatic heterocycles. The summed E-state index contributed by atoms with van der Waals surface area (Å²) in [6.45, 7) is 1.47. The van der Waals surface area contributed by atoms with E-state index in [1.54, 1.807) is 18.2 Å². The van der Waals surface area contributed by atoms with Gasteiger partial charge in [0.15, 0.2) is 0 Å². The molecule has 0 aromatic heterocycles. The Morgan fingerprint density at radius 3 is 2.45 bits per heavy atom. The van der Waals surface area contributed by atoms with Crippen LogP contribution in [0.1, 0.15) is 22.3 Å². The van der Waals surface area contributed by atoms with E-state index in [0.717, 1.165) is 16.7 Å². The first-order valence-electron chi connectivity index (χ1n) is 6.81. The van der Waals surface area contributed by atoms with Crippen molar-refractivity contribution in [3.05, 3.63) is 64.7 Å². The average molecular weight is 305 g/mol. The van der Waals surface area contributed by atoms with Crippen LogP contribution in [0.3, 0.4) is 0 Å². The van der Waals surface area contributed by atoms with Crippen molar-refractivity contribution >= 4 is 6.21 Å². The van der Waals surface area contributed by atoms with Crippen molar-refractivity contribution in [1.29, 1.82) is 0 Å². The van der Waals surface area contributed by atoms with Gasteiger partial charge in [0.1, 0.15) is 12.4 Å². The largest absolute Gasteiger partial charge is 0.434 e. The molecule has 2 rings (SSSR count). The van der Waals surface area contributed by atoms with Crippen molar-refractivity contribution in [1.82, 2.24) is 0 Å². The summed E-state index contributed by atoms with van der Waals surface area (Å²) in [6.07, 6.45) is 1.36. The number of benzene rings is 2. The van der Waals surface area contributed by atoms with E-state index in [1.165, 1.54) is 12.3 Å². The van der Waals surface area contributed by atoms with E-state index in [0.29, 0.717) is 12.2 Å². The second-order valence-electron chi connectivity index (χ2n) is 4.92. The predicted molar refractivity (Wildman–Crippen MR) is 81.4 cm³/mol. The standard InChI is InChI=1S/C17H17F2NO2/c1-12-7-13(2)9-14(8-12)11-21-20-10-15-5-3-4-6-16(15)22-17(18)19/h3-10,17H,11H2,1-2H3/b20-10+. The lowest BCUT2D eigenvalue weighted by atomic mass is 10.1. The topological polar surface area (TPSA) is 30.8 Å². The number of hydrogen-bond acceptors (Lipinski definition) is 3. The number of oxime groups is 1. The maximum atomic E-state index is 12.3. The fraction of sp³-hybridized carbons (Fsp3) is 0.235. The third kappa shape index (κ3) is 4.84. The van der Waals surface area contributed by atoms with E-state index in [1.807, 2.05) is 26.0 Å². The lowest BCUT2D eigenvalue weighted by Gasteiger charge is -2.07. The number of para-hydroxylation sites is 1. The van der Waals surface area contributed by atoms with Crippen LogP contribution in [-0.4, -0.2) is 12.8 Å². The summed E-state index contributed by atoms with van der Waals surface area (Å²) in [5.74, 6) is 0.0660. The lowest BCUT2D eigenvalue weighted by Crippen LogP contribution is -2.04. The molecule has 3 nitrogen and oxygen atoms in total. The Morgan fingerprint density at radius 1 is 1.09 bits per heavy atom. The van der Waals surface area contributed by atoms with Crippen LogP contribution >= 0.6 is 0 Å². The molecular weight excluding hydrogens is 288 g/mol. The van der Waals surface area contributed by atoms with Crippen molar-refractivity contribution in [3.8, 4) is 5.75 Å². The van der Waals surface area contributed by atoms with Crippen molar-refractivity contribution < 1.29 is 18.4 Å². The molecule has 0 aliphatic rings. The summed E-state index contributed by atoms with van der Waals surface area (Å²) in [5.41, 5.74) is 3.74. The van der Waals surface area contributed by atoms with E-state index in [-0.39, 0.29) is 5.75 Å². The minimum Gasteiger partial charge on any atom is -0.434 e. The quantitative estimate of drug-likeness (QED) is 0.583. The van der Waals surface area contributed by atoms with Crippen molar-refractivity contribution in [3.63, 3.8) is 0 Å². The predicted octanol–water partition coefficient (Wildman–Crippen LogP) is 4.46. The van der Waals surface area contributed by atoms with Gasteiger partial charge >= 0.3 is 6.61 Å². The molecule has 0 spiro atoms. The number of aryl methyl sites for hydroxylation is 2.